The van der Waals surface area contributed by atoms with E-state index in [0.717, 1.165) is 31.2 Å². The van der Waals surface area contributed by atoms with Crippen LogP contribution in [0, 0.1) is 5.92 Å². The molecule has 0 saturated heterocycles. The molecule has 1 aliphatic rings. The van der Waals surface area contributed by atoms with E-state index in [1.165, 1.54) is 27.6 Å². The second-order valence-corrected chi connectivity index (χ2v) is 9.94. The van der Waals surface area contributed by atoms with Gasteiger partial charge in [-0.15, -0.1) is 0 Å². The van der Waals surface area contributed by atoms with E-state index < -0.39 is 11.8 Å². The third-order valence-corrected chi connectivity index (χ3v) is 7.51. The molecule has 2 aromatic carbocycles. The zero-order valence-corrected chi connectivity index (χ0v) is 23.1. The Morgan fingerprint density at radius 2 is 1.69 bits per heavy atom. The molecule has 39 heavy (non-hydrogen) atoms. The van der Waals surface area contributed by atoms with Gasteiger partial charge in [-0.2, -0.15) is 0 Å². The lowest BCUT2D eigenvalue weighted by Crippen LogP contribution is -2.40. The average molecular weight is 533 g/mol. The van der Waals surface area contributed by atoms with Gasteiger partial charge in [0.1, 0.15) is 5.71 Å². The van der Waals surface area contributed by atoms with Crippen LogP contribution >= 0.6 is 0 Å². The molecule has 0 bridgehead atoms. The molecule has 8 nitrogen and oxygen atoms in total. The van der Waals surface area contributed by atoms with Crippen molar-refractivity contribution in [1.82, 2.24) is 4.57 Å². The molecule has 0 N–H and O–H groups in total. The number of ether oxygens (including phenoxy) is 2. The molecule has 1 saturated carbocycles. The van der Waals surface area contributed by atoms with E-state index in [4.69, 9.17) is 14.3 Å². The molecule has 8 heteroatoms. The number of rotatable bonds is 11. The van der Waals surface area contributed by atoms with E-state index >= 15 is 0 Å². The van der Waals surface area contributed by atoms with Crippen LogP contribution in [0.4, 0.5) is 0 Å². The van der Waals surface area contributed by atoms with Crippen molar-refractivity contribution in [2.75, 3.05) is 14.2 Å². The van der Waals surface area contributed by atoms with Gasteiger partial charge in [-0.05, 0) is 37.5 Å². The smallest absolute Gasteiger partial charge is 0.331 e. The van der Waals surface area contributed by atoms with Crippen LogP contribution in [-0.4, -0.2) is 42.0 Å². The van der Waals surface area contributed by atoms with Crippen LogP contribution in [0.1, 0.15) is 78.7 Å². The molecular weight excluding hydrogens is 496 g/mol. The van der Waals surface area contributed by atoms with E-state index in [2.05, 4.69) is 5.16 Å². The number of carbonyl (C=O) groups excluding carboxylic acids is 3. The summed E-state index contributed by atoms with van der Waals surface area (Å²) in [5, 5.41) is 4.61. The summed E-state index contributed by atoms with van der Waals surface area (Å²) in [4.78, 5) is 44.3. The zero-order chi connectivity index (χ0) is 28.0. The summed E-state index contributed by atoms with van der Waals surface area (Å²) in [6, 6.07) is 14.3. The second kappa shape index (κ2) is 12.5. The molecule has 1 aromatic heterocycles. The van der Waals surface area contributed by atoms with Crippen LogP contribution in [-0.2, 0) is 31.4 Å². The molecule has 0 amide bonds. The molecule has 1 aliphatic carbocycles. The van der Waals surface area contributed by atoms with Crippen LogP contribution in [0.25, 0.3) is 10.9 Å². The van der Waals surface area contributed by atoms with Crippen molar-refractivity contribution in [3.63, 3.8) is 0 Å². The number of fused-ring (bicyclic) bond motifs is 1. The minimum atomic E-state index is -1.64. The van der Waals surface area contributed by atoms with Gasteiger partial charge in [0.2, 0.25) is 11.6 Å². The minimum Gasteiger partial charge on any atom is -0.347 e. The Morgan fingerprint density at radius 3 is 2.31 bits per heavy atom. The summed E-state index contributed by atoms with van der Waals surface area (Å²) >= 11 is 0. The Kier molecular flexibility index (Phi) is 9.09. The standard InChI is InChI=1S/C31H36N2O6/c1-5-33-20-26(29(35)27(32-39-21(2)34)18-22-12-8-6-9-13-22)25-19-23(16-17-28(25)33)30(36)31(37-3,38-4)24-14-10-7-11-15-24/h7,10-11,14-17,19-20,22H,5-6,8-9,12-13,18H2,1-4H3/b32-27+. The Balaban J connectivity index is 1.78. The third-order valence-electron chi connectivity index (χ3n) is 7.51. The van der Waals surface area contributed by atoms with Gasteiger partial charge >= 0.3 is 5.97 Å². The number of aromatic nitrogens is 1. The Bertz CT molecular complexity index is 1360. The molecular formula is C31H36N2O6. The van der Waals surface area contributed by atoms with Crippen molar-refractivity contribution in [1.29, 1.82) is 0 Å². The molecule has 3 aromatic rings. The number of hydrogen-bond donors (Lipinski definition) is 0. The fourth-order valence-corrected chi connectivity index (χ4v) is 5.48. The monoisotopic (exact) mass is 532 g/mol. The number of hydrogen-bond acceptors (Lipinski definition) is 7. The summed E-state index contributed by atoms with van der Waals surface area (Å²) in [6.07, 6.45) is 7.66. The zero-order valence-electron chi connectivity index (χ0n) is 23.1. The van der Waals surface area contributed by atoms with E-state index in [0.29, 0.717) is 41.0 Å². The number of Topliss-reactive ketones (excluding diaryl/α,β-unsaturated/α-hetero) is 2. The maximum Gasteiger partial charge on any atom is 0.331 e. The molecule has 4 rings (SSSR count). The molecule has 0 spiro atoms. The topological polar surface area (TPSA) is 96.2 Å². The van der Waals surface area contributed by atoms with Crippen molar-refractivity contribution < 1.29 is 28.7 Å². The van der Waals surface area contributed by atoms with Crippen molar-refractivity contribution in [3.8, 4) is 0 Å². The lowest BCUT2D eigenvalue weighted by molar-refractivity contribution is -0.176. The first-order valence-electron chi connectivity index (χ1n) is 13.5. The Morgan fingerprint density at radius 1 is 1.00 bits per heavy atom. The van der Waals surface area contributed by atoms with Gasteiger partial charge in [-0.25, -0.2) is 4.79 Å². The quantitative estimate of drug-likeness (QED) is 0.0979. The second-order valence-electron chi connectivity index (χ2n) is 9.94. The highest BCUT2D eigenvalue weighted by molar-refractivity contribution is 6.48. The summed E-state index contributed by atoms with van der Waals surface area (Å²) < 4.78 is 13.3. The summed E-state index contributed by atoms with van der Waals surface area (Å²) in [7, 11) is 2.86. The number of methoxy groups -OCH3 is 2. The fourth-order valence-electron chi connectivity index (χ4n) is 5.48. The van der Waals surface area contributed by atoms with Crippen molar-refractivity contribution in [2.45, 2.75) is 64.7 Å². The van der Waals surface area contributed by atoms with Gasteiger partial charge < -0.3 is 18.9 Å². The summed E-state index contributed by atoms with van der Waals surface area (Å²) in [5.41, 5.74) is 2.33. The predicted octanol–water partition coefficient (Wildman–Crippen LogP) is 6.06. The molecule has 1 fully saturated rings. The van der Waals surface area contributed by atoms with E-state index in [1.54, 1.807) is 30.5 Å². The SMILES string of the molecule is CCn1cc(C(=O)/C(CC2CCCCC2)=N/OC(C)=O)c2cc(C(=O)C(OC)(OC)c3ccccc3)ccc21. The van der Waals surface area contributed by atoms with E-state index in [1.807, 2.05) is 35.8 Å². The molecule has 0 atom stereocenters. The molecule has 0 aliphatic heterocycles. The Hall–Kier alpha value is -3.62. The van der Waals surface area contributed by atoms with Crippen LogP contribution in [0.5, 0.6) is 0 Å². The fraction of sp³-hybridized carbons (Fsp3) is 0.419. The summed E-state index contributed by atoms with van der Waals surface area (Å²) in [5.74, 6) is -2.61. The van der Waals surface area contributed by atoms with Crippen LogP contribution in [0.15, 0.2) is 59.9 Å². The third kappa shape index (κ3) is 5.87. The highest BCUT2D eigenvalue weighted by atomic mass is 16.7. The van der Waals surface area contributed by atoms with Gasteiger partial charge in [-0.1, -0.05) is 67.6 Å². The maximum atomic E-state index is 13.9. The average Bonchev–Trinajstić information content (AvgIpc) is 3.35. The van der Waals surface area contributed by atoms with E-state index in [9.17, 15) is 14.4 Å². The van der Waals surface area contributed by atoms with Crippen LogP contribution in [0.2, 0.25) is 0 Å². The van der Waals surface area contributed by atoms with E-state index in [-0.39, 0.29) is 17.3 Å². The number of aryl methyl sites for hydroxylation is 1. The molecule has 206 valence electrons. The highest BCUT2D eigenvalue weighted by Gasteiger charge is 2.41. The summed E-state index contributed by atoms with van der Waals surface area (Å²) in [6.45, 7) is 3.87. The maximum absolute atomic E-state index is 13.9. The lowest BCUT2D eigenvalue weighted by atomic mass is 9.84. The van der Waals surface area contributed by atoms with Crippen molar-refractivity contribution in [3.05, 3.63) is 71.4 Å². The first kappa shape index (κ1) is 28.4. The van der Waals surface area contributed by atoms with Crippen molar-refractivity contribution in [2.24, 2.45) is 11.1 Å². The van der Waals surface area contributed by atoms with Gasteiger partial charge in [0.25, 0.3) is 5.79 Å². The normalized spacial score (nSPS) is 14.9. The number of nitrogens with zero attached hydrogens (tertiary/aromatic N) is 2. The number of benzene rings is 2. The van der Waals surface area contributed by atoms with Gasteiger partial charge in [0, 0.05) is 61.5 Å². The van der Waals surface area contributed by atoms with Crippen LogP contribution in [0.3, 0.4) is 0 Å². The molecule has 1 heterocycles. The van der Waals surface area contributed by atoms with Crippen LogP contribution < -0.4 is 0 Å². The molecule has 0 unspecified atom stereocenters. The van der Waals surface area contributed by atoms with Gasteiger partial charge in [0.15, 0.2) is 0 Å². The van der Waals surface area contributed by atoms with Crippen molar-refractivity contribution >= 4 is 34.2 Å². The van der Waals surface area contributed by atoms with Gasteiger partial charge in [0.05, 0.1) is 0 Å². The largest absolute Gasteiger partial charge is 0.347 e. The van der Waals surface area contributed by atoms with Gasteiger partial charge in [-0.3, -0.25) is 9.59 Å². The lowest BCUT2D eigenvalue weighted by Gasteiger charge is -2.29. The first-order valence-corrected chi connectivity index (χ1v) is 13.5. The predicted molar refractivity (Wildman–Crippen MR) is 149 cm³/mol. The number of carbonyl (C=O) groups is 3. The minimum absolute atomic E-state index is 0.219. The number of ketones is 2. The highest BCUT2D eigenvalue weighted by Crippen LogP contribution is 2.33. The Labute approximate surface area is 228 Å². The first-order chi connectivity index (χ1) is 18.8. The number of oxime groups is 1. The molecule has 0 radical (unpaired) electrons.